The summed E-state index contributed by atoms with van der Waals surface area (Å²) in [5.41, 5.74) is -0.276. The number of carbonyl (C=O) groups excluding carboxylic acids is 1. The third kappa shape index (κ3) is 2.18. The van der Waals surface area contributed by atoms with Crippen molar-refractivity contribution >= 4 is 34.9 Å². The Morgan fingerprint density at radius 3 is 2.85 bits per heavy atom. The summed E-state index contributed by atoms with van der Waals surface area (Å²) in [4.78, 5) is 14.2. The summed E-state index contributed by atoms with van der Waals surface area (Å²) >= 11 is 9.79. The van der Waals surface area contributed by atoms with Gasteiger partial charge in [0.1, 0.15) is 5.82 Å². The van der Waals surface area contributed by atoms with Crippen LogP contribution in [0.25, 0.3) is 0 Å². The van der Waals surface area contributed by atoms with Gasteiger partial charge in [-0.3, -0.25) is 4.79 Å². The van der Waals surface area contributed by atoms with Crippen molar-refractivity contribution in [2.24, 2.45) is 4.99 Å². The molecule has 0 aromatic heterocycles. The van der Waals surface area contributed by atoms with E-state index >= 15 is 0 Å². The van der Waals surface area contributed by atoms with Gasteiger partial charge in [-0.1, -0.05) is 17.7 Å². The van der Waals surface area contributed by atoms with Crippen molar-refractivity contribution in [2.75, 3.05) is 0 Å². The minimum absolute atomic E-state index is 0.0130. The SMILES string of the molecule is O=C(N=C=S)c1c(F)cccc1Cl. The molecule has 0 saturated carbocycles. The summed E-state index contributed by atoms with van der Waals surface area (Å²) in [6.45, 7) is 0. The lowest BCUT2D eigenvalue weighted by atomic mass is 10.2. The van der Waals surface area contributed by atoms with Gasteiger partial charge in [0.25, 0.3) is 5.91 Å². The predicted octanol–water partition coefficient (Wildman–Crippen LogP) is 2.72. The molecule has 0 heterocycles. The normalized spacial score (nSPS) is 9.08. The van der Waals surface area contributed by atoms with Crippen molar-refractivity contribution in [1.29, 1.82) is 0 Å². The van der Waals surface area contributed by atoms with Crippen LogP contribution in [0.2, 0.25) is 5.02 Å². The first kappa shape index (κ1) is 9.99. The van der Waals surface area contributed by atoms with Crippen molar-refractivity contribution in [2.45, 2.75) is 0 Å². The molecular weight excluding hydrogens is 213 g/mol. The van der Waals surface area contributed by atoms with Gasteiger partial charge in [0.15, 0.2) is 0 Å². The molecular formula is C8H3ClFNOS. The highest BCUT2D eigenvalue weighted by Crippen LogP contribution is 2.19. The van der Waals surface area contributed by atoms with Gasteiger partial charge in [-0.2, -0.15) is 4.99 Å². The predicted molar refractivity (Wildman–Crippen MR) is 50.8 cm³/mol. The fourth-order valence-corrected chi connectivity index (χ4v) is 1.13. The van der Waals surface area contributed by atoms with Crippen LogP contribution >= 0.6 is 23.8 Å². The summed E-state index contributed by atoms with van der Waals surface area (Å²) in [6.07, 6.45) is 0. The first-order chi connectivity index (χ1) is 6.16. The second kappa shape index (κ2) is 4.23. The third-order valence-electron chi connectivity index (χ3n) is 1.32. The van der Waals surface area contributed by atoms with Gasteiger partial charge < -0.3 is 0 Å². The summed E-state index contributed by atoms with van der Waals surface area (Å²) in [5, 5.41) is 1.87. The molecule has 0 spiro atoms. The van der Waals surface area contributed by atoms with Crippen LogP contribution < -0.4 is 0 Å². The minimum atomic E-state index is -0.821. The molecule has 0 aliphatic carbocycles. The summed E-state index contributed by atoms with van der Waals surface area (Å²) in [5.74, 6) is -1.54. The number of hydrogen-bond donors (Lipinski definition) is 0. The Hall–Kier alpha value is -1.09. The maximum absolute atomic E-state index is 13.0. The van der Waals surface area contributed by atoms with E-state index in [9.17, 15) is 9.18 Å². The molecule has 0 atom stereocenters. The van der Waals surface area contributed by atoms with Crippen molar-refractivity contribution in [3.63, 3.8) is 0 Å². The van der Waals surface area contributed by atoms with Crippen molar-refractivity contribution in [3.05, 3.63) is 34.6 Å². The fourth-order valence-electron chi connectivity index (χ4n) is 0.799. The van der Waals surface area contributed by atoms with Crippen LogP contribution in [0.4, 0.5) is 4.39 Å². The number of rotatable bonds is 1. The second-order valence-corrected chi connectivity index (χ2v) is 2.69. The van der Waals surface area contributed by atoms with Gasteiger partial charge in [0.05, 0.1) is 15.7 Å². The van der Waals surface area contributed by atoms with Crippen molar-refractivity contribution in [1.82, 2.24) is 0 Å². The third-order valence-corrected chi connectivity index (χ3v) is 1.73. The molecule has 0 bridgehead atoms. The molecule has 1 aromatic carbocycles. The van der Waals surface area contributed by atoms with E-state index in [0.29, 0.717) is 0 Å². The van der Waals surface area contributed by atoms with E-state index in [4.69, 9.17) is 11.6 Å². The maximum atomic E-state index is 13.0. The number of amides is 1. The van der Waals surface area contributed by atoms with Crippen LogP contribution in [-0.2, 0) is 0 Å². The highest BCUT2D eigenvalue weighted by Gasteiger charge is 2.13. The summed E-state index contributed by atoms with van der Waals surface area (Å²) in [6, 6.07) is 3.92. The first-order valence-electron chi connectivity index (χ1n) is 3.23. The van der Waals surface area contributed by atoms with Gasteiger partial charge in [-0.15, -0.1) is 0 Å². The number of nitrogens with zero attached hydrogens (tertiary/aromatic N) is 1. The average Bonchev–Trinajstić information content (AvgIpc) is 2.04. The van der Waals surface area contributed by atoms with E-state index in [0.717, 1.165) is 6.07 Å². The quantitative estimate of drug-likeness (QED) is 0.533. The topological polar surface area (TPSA) is 29.4 Å². The number of thiocarbonyl (C=S) groups is 1. The molecule has 1 rings (SSSR count). The van der Waals surface area contributed by atoms with Gasteiger partial charge in [0, 0.05) is 0 Å². The fraction of sp³-hybridized carbons (Fsp3) is 0. The zero-order chi connectivity index (χ0) is 9.84. The summed E-state index contributed by atoms with van der Waals surface area (Å²) < 4.78 is 13.0. The standard InChI is InChI=1S/C8H3ClFNOS/c9-5-2-1-3-6(10)7(5)8(12)11-4-13/h1-3H. The lowest BCUT2D eigenvalue weighted by molar-refractivity contribution is 0.1000. The Morgan fingerprint density at radius 1 is 1.62 bits per heavy atom. The maximum Gasteiger partial charge on any atom is 0.290 e. The molecule has 0 N–H and O–H groups in total. The van der Waals surface area contributed by atoms with Crippen LogP contribution in [0.15, 0.2) is 23.2 Å². The molecule has 66 valence electrons. The number of hydrogen-bond acceptors (Lipinski definition) is 2. The number of isothiocyanates is 1. The number of benzene rings is 1. The van der Waals surface area contributed by atoms with Crippen molar-refractivity contribution in [3.8, 4) is 0 Å². The molecule has 0 aliphatic rings. The molecule has 0 radical (unpaired) electrons. The Balaban J connectivity index is 3.27. The molecule has 0 fully saturated rings. The largest absolute Gasteiger partial charge is 0.290 e. The molecule has 0 aliphatic heterocycles. The highest BCUT2D eigenvalue weighted by atomic mass is 35.5. The Kier molecular flexibility index (Phi) is 3.25. The number of carbonyl (C=O) groups is 1. The number of halogens is 2. The van der Waals surface area contributed by atoms with Crippen LogP contribution in [-0.4, -0.2) is 11.1 Å². The van der Waals surface area contributed by atoms with Gasteiger partial charge in [-0.05, 0) is 24.4 Å². The van der Waals surface area contributed by atoms with E-state index in [1.54, 1.807) is 0 Å². The second-order valence-electron chi connectivity index (χ2n) is 2.10. The van der Waals surface area contributed by atoms with Gasteiger partial charge in [0.2, 0.25) is 0 Å². The first-order valence-corrected chi connectivity index (χ1v) is 4.01. The average molecular weight is 216 g/mol. The molecule has 1 aromatic rings. The molecule has 0 saturated heterocycles. The molecule has 13 heavy (non-hydrogen) atoms. The smallest absolute Gasteiger partial charge is 0.266 e. The van der Waals surface area contributed by atoms with Gasteiger partial charge >= 0.3 is 0 Å². The minimum Gasteiger partial charge on any atom is -0.266 e. The Bertz CT molecular complexity index is 381. The molecule has 2 nitrogen and oxygen atoms in total. The monoisotopic (exact) mass is 215 g/mol. The van der Waals surface area contributed by atoms with E-state index in [-0.39, 0.29) is 10.6 Å². The van der Waals surface area contributed by atoms with E-state index in [1.165, 1.54) is 12.1 Å². The Morgan fingerprint density at radius 2 is 2.31 bits per heavy atom. The molecule has 5 heteroatoms. The van der Waals surface area contributed by atoms with E-state index < -0.39 is 11.7 Å². The van der Waals surface area contributed by atoms with Crippen molar-refractivity contribution < 1.29 is 9.18 Å². The van der Waals surface area contributed by atoms with Crippen LogP contribution in [0.1, 0.15) is 10.4 Å². The van der Waals surface area contributed by atoms with Gasteiger partial charge in [-0.25, -0.2) is 4.39 Å². The Labute approximate surface area is 84.0 Å². The van der Waals surface area contributed by atoms with E-state index in [1.807, 2.05) is 5.16 Å². The summed E-state index contributed by atoms with van der Waals surface area (Å²) in [7, 11) is 0. The molecule has 0 unspecified atom stereocenters. The zero-order valence-electron chi connectivity index (χ0n) is 6.25. The molecule has 1 amide bonds. The zero-order valence-corrected chi connectivity index (χ0v) is 7.82. The van der Waals surface area contributed by atoms with Crippen LogP contribution in [0.5, 0.6) is 0 Å². The lowest BCUT2D eigenvalue weighted by Crippen LogP contribution is -1.99. The number of aliphatic imine (C=N–C) groups is 1. The van der Waals surface area contributed by atoms with E-state index in [2.05, 4.69) is 17.2 Å². The lowest BCUT2D eigenvalue weighted by Gasteiger charge is -1.98. The van der Waals surface area contributed by atoms with Crippen LogP contribution in [0.3, 0.4) is 0 Å². The highest BCUT2D eigenvalue weighted by molar-refractivity contribution is 7.78. The van der Waals surface area contributed by atoms with Crippen LogP contribution in [0, 0.1) is 5.82 Å².